The molecular weight excluding hydrogens is 337 g/mol. The van der Waals surface area contributed by atoms with Crippen molar-refractivity contribution in [1.82, 2.24) is 10.2 Å². The molecule has 0 atom stereocenters. The van der Waals surface area contributed by atoms with Crippen LogP contribution in [0.3, 0.4) is 0 Å². The molecule has 0 aliphatic carbocycles. The predicted molar refractivity (Wildman–Crippen MR) is 82.8 cm³/mol. The van der Waals surface area contributed by atoms with Gasteiger partial charge in [0.25, 0.3) is 0 Å². The van der Waals surface area contributed by atoms with Crippen molar-refractivity contribution in [1.29, 1.82) is 5.26 Å². The number of nitrogens with one attached hydrogen (secondary N) is 1. The first-order chi connectivity index (χ1) is 10.1. The Morgan fingerprint density at radius 2 is 2.33 bits per heavy atom. The molecule has 0 aliphatic heterocycles. The third-order valence-electron chi connectivity index (χ3n) is 2.72. The van der Waals surface area contributed by atoms with E-state index in [0.717, 1.165) is 4.47 Å². The van der Waals surface area contributed by atoms with Gasteiger partial charge in [-0.25, -0.2) is 4.39 Å². The third-order valence-corrected chi connectivity index (χ3v) is 3.21. The van der Waals surface area contributed by atoms with E-state index in [2.05, 4.69) is 27.8 Å². The van der Waals surface area contributed by atoms with Crippen molar-refractivity contribution >= 4 is 21.8 Å². The van der Waals surface area contributed by atoms with Crippen LogP contribution in [0, 0.1) is 17.1 Å². The van der Waals surface area contributed by atoms with Crippen molar-refractivity contribution in [2.45, 2.75) is 13.0 Å². The second kappa shape index (κ2) is 9.27. The van der Waals surface area contributed by atoms with Gasteiger partial charge in [0.1, 0.15) is 5.82 Å². The van der Waals surface area contributed by atoms with Crippen molar-refractivity contribution < 1.29 is 9.18 Å². The first kappa shape index (κ1) is 17.3. The molecular formula is C15H17BrFN3O. The zero-order valence-electron chi connectivity index (χ0n) is 11.6. The van der Waals surface area contributed by atoms with E-state index < -0.39 is 0 Å². The summed E-state index contributed by atoms with van der Waals surface area (Å²) in [5.74, 6) is -0.500. The molecule has 0 saturated carbocycles. The molecule has 0 unspecified atom stereocenters. The Morgan fingerprint density at radius 3 is 3.00 bits per heavy atom. The molecule has 4 nitrogen and oxygen atoms in total. The van der Waals surface area contributed by atoms with E-state index in [1.54, 1.807) is 23.1 Å². The number of hydrogen-bond acceptors (Lipinski definition) is 3. The summed E-state index contributed by atoms with van der Waals surface area (Å²) in [5.41, 5.74) is 0.510. The monoisotopic (exact) mass is 353 g/mol. The zero-order chi connectivity index (χ0) is 15.7. The SMILES string of the molecule is C=CCN(CC(=O)NCCC#N)Cc1cc(Br)ccc1F. The normalized spacial score (nSPS) is 10.2. The van der Waals surface area contributed by atoms with E-state index in [9.17, 15) is 9.18 Å². The molecule has 6 heteroatoms. The van der Waals surface area contributed by atoms with Crippen molar-refractivity contribution in [3.8, 4) is 6.07 Å². The van der Waals surface area contributed by atoms with Crippen LogP contribution in [0.4, 0.5) is 4.39 Å². The molecule has 21 heavy (non-hydrogen) atoms. The van der Waals surface area contributed by atoms with E-state index in [0.29, 0.717) is 25.2 Å². The topological polar surface area (TPSA) is 56.1 Å². The Labute approximate surface area is 132 Å². The lowest BCUT2D eigenvalue weighted by Crippen LogP contribution is -2.37. The average Bonchev–Trinajstić information content (AvgIpc) is 2.43. The minimum Gasteiger partial charge on any atom is -0.354 e. The maximum Gasteiger partial charge on any atom is 0.234 e. The van der Waals surface area contributed by atoms with Gasteiger partial charge in [-0.3, -0.25) is 9.69 Å². The number of benzene rings is 1. The van der Waals surface area contributed by atoms with Gasteiger partial charge >= 0.3 is 0 Å². The van der Waals surface area contributed by atoms with Crippen LogP contribution >= 0.6 is 15.9 Å². The highest BCUT2D eigenvalue weighted by molar-refractivity contribution is 9.10. The molecule has 0 bridgehead atoms. The summed E-state index contributed by atoms with van der Waals surface area (Å²) in [5, 5.41) is 11.1. The van der Waals surface area contributed by atoms with E-state index >= 15 is 0 Å². The highest BCUT2D eigenvalue weighted by Gasteiger charge is 2.12. The van der Waals surface area contributed by atoms with Crippen LogP contribution in [-0.2, 0) is 11.3 Å². The number of amides is 1. The van der Waals surface area contributed by atoms with E-state index in [-0.39, 0.29) is 24.7 Å². The first-order valence-electron chi connectivity index (χ1n) is 6.47. The van der Waals surface area contributed by atoms with Gasteiger partial charge in [0.2, 0.25) is 5.91 Å². The number of rotatable bonds is 8. The van der Waals surface area contributed by atoms with Gasteiger partial charge in [-0.1, -0.05) is 22.0 Å². The van der Waals surface area contributed by atoms with Gasteiger partial charge < -0.3 is 5.32 Å². The van der Waals surface area contributed by atoms with Gasteiger partial charge in [-0.15, -0.1) is 6.58 Å². The molecule has 0 saturated heterocycles. The van der Waals surface area contributed by atoms with Crippen LogP contribution in [0.2, 0.25) is 0 Å². The number of nitrogens with zero attached hydrogens (tertiary/aromatic N) is 2. The number of carbonyl (C=O) groups is 1. The summed E-state index contributed by atoms with van der Waals surface area (Å²) < 4.78 is 14.5. The lowest BCUT2D eigenvalue weighted by molar-refractivity contribution is -0.122. The molecule has 1 N–H and O–H groups in total. The molecule has 0 aliphatic rings. The minimum atomic E-state index is -0.308. The summed E-state index contributed by atoms with van der Waals surface area (Å²) in [6.07, 6.45) is 1.94. The minimum absolute atomic E-state index is 0.128. The van der Waals surface area contributed by atoms with E-state index in [1.165, 1.54) is 6.07 Å². The highest BCUT2D eigenvalue weighted by Crippen LogP contribution is 2.17. The molecule has 0 radical (unpaired) electrons. The smallest absolute Gasteiger partial charge is 0.234 e. The second-order valence-electron chi connectivity index (χ2n) is 4.45. The summed E-state index contributed by atoms with van der Waals surface area (Å²) in [6, 6.07) is 6.67. The van der Waals surface area contributed by atoms with Crippen LogP contribution in [0.15, 0.2) is 35.3 Å². The molecule has 1 amide bonds. The first-order valence-corrected chi connectivity index (χ1v) is 7.27. The Kier molecular flexibility index (Phi) is 7.65. The fourth-order valence-electron chi connectivity index (χ4n) is 1.79. The van der Waals surface area contributed by atoms with Gasteiger partial charge in [-0.05, 0) is 18.2 Å². The molecule has 0 heterocycles. The van der Waals surface area contributed by atoms with Gasteiger partial charge in [0, 0.05) is 29.7 Å². The molecule has 0 fully saturated rings. The molecule has 1 rings (SSSR count). The van der Waals surface area contributed by atoms with Gasteiger partial charge in [-0.2, -0.15) is 5.26 Å². The Hall–Kier alpha value is -1.71. The van der Waals surface area contributed by atoms with E-state index in [1.807, 2.05) is 6.07 Å². The quantitative estimate of drug-likeness (QED) is 0.577. The van der Waals surface area contributed by atoms with Crippen LogP contribution in [0.1, 0.15) is 12.0 Å². The van der Waals surface area contributed by atoms with Gasteiger partial charge in [0.15, 0.2) is 0 Å². The van der Waals surface area contributed by atoms with Crippen LogP contribution in [0.25, 0.3) is 0 Å². The summed E-state index contributed by atoms with van der Waals surface area (Å²) in [7, 11) is 0. The number of hydrogen-bond donors (Lipinski definition) is 1. The maximum atomic E-state index is 13.7. The third kappa shape index (κ3) is 6.52. The summed E-state index contributed by atoms with van der Waals surface area (Å²) in [6.45, 7) is 4.87. The number of halogens is 2. The molecule has 112 valence electrons. The van der Waals surface area contributed by atoms with Crippen LogP contribution < -0.4 is 5.32 Å². The van der Waals surface area contributed by atoms with E-state index in [4.69, 9.17) is 5.26 Å². The van der Waals surface area contributed by atoms with Crippen LogP contribution in [0.5, 0.6) is 0 Å². The van der Waals surface area contributed by atoms with Crippen molar-refractivity contribution in [2.24, 2.45) is 0 Å². The summed E-state index contributed by atoms with van der Waals surface area (Å²) >= 11 is 3.30. The van der Waals surface area contributed by atoms with Crippen molar-refractivity contribution in [2.75, 3.05) is 19.6 Å². The molecule has 0 aromatic heterocycles. The maximum absolute atomic E-state index is 13.7. The van der Waals surface area contributed by atoms with Crippen LogP contribution in [-0.4, -0.2) is 30.4 Å². The Bertz CT molecular complexity index is 542. The largest absolute Gasteiger partial charge is 0.354 e. The Morgan fingerprint density at radius 1 is 1.57 bits per heavy atom. The molecule has 1 aromatic carbocycles. The zero-order valence-corrected chi connectivity index (χ0v) is 13.2. The number of carbonyl (C=O) groups excluding carboxylic acids is 1. The highest BCUT2D eigenvalue weighted by atomic mass is 79.9. The molecule has 0 spiro atoms. The van der Waals surface area contributed by atoms with Crippen molar-refractivity contribution in [3.05, 3.63) is 46.7 Å². The second-order valence-corrected chi connectivity index (χ2v) is 5.37. The standard InChI is InChI=1S/C15H17BrFN3O/c1-2-8-20(11-15(21)19-7-3-6-18)10-12-9-13(16)4-5-14(12)17/h2,4-5,9H,1,3,7-8,10-11H2,(H,19,21). The van der Waals surface area contributed by atoms with Crippen molar-refractivity contribution in [3.63, 3.8) is 0 Å². The Balaban J connectivity index is 2.64. The fraction of sp³-hybridized carbons (Fsp3) is 0.333. The molecule has 1 aromatic rings. The van der Waals surface area contributed by atoms with Gasteiger partial charge in [0.05, 0.1) is 19.0 Å². The lowest BCUT2D eigenvalue weighted by atomic mass is 10.2. The predicted octanol–water partition coefficient (Wildman–Crippen LogP) is 2.61. The summed E-state index contributed by atoms with van der Waals surface area (Å²) in [4.78, 5) is 13.5. The number of nitriles is 1. The average molecular weight is 354 g/mol. The fourth-order valence-corrected chi connectivity index (χ4v) is 2.20. The lowest BCUT2D eigenvalue weighted by Gasteiger charge is -2.20.